The van der Waals surface area contributed by atoms with E-state index >= 15 is 0 Å². The molecule has 0 bridgehead atoms. The lowest BCUT2D eigenvalue weighted by Crippen LogP contribution is -2.16. The molecule has 1 aromatic heterocycles. The first-order valence-corrected chi connectivity index (χ1v) is 7.86. The fourth-order valence-electron chi connectivity index (χ4n) is 2.01. The van der Waals surface area contributed by atoms with Crippen molar-refractivity contribution in [3.05, 3.63) is 36.2 Å². The fraction of sp³-hybridized carbons (Fsp3) is 0.231. The van der Waals surface area contributed by atoms with Crippen LogP contribution in [-0.2, 0) is 16.6 Å². The minimum atomic E-state index is -3.66. The number of hydrogen-bond donors (Lipinski definition) is 3. The third-order valence-corrected chi connectivity index (χ3v) is 4.40. The number of anilines is 1. The van der Waals surface area contributed by atoms with Gasteiger partial charge in [-0.2, -0.15) is 0 Å². The second-order valence-electron chi connectivity index (χ2n) is 4.53. The van der Waals surface area contributed by atoms with E-state index in [0.29, 0.717) is 36.1 Å². The largest absolute Gasteiger partial charge is 0.486 e. The molecule has 1 aromatic carbocycles. The van der Waals surface area contributed by atoms with Gasteiger partial charge >= 0.3 is 0 Å². The van der Waals surface area contributed by atoms with Crippen molar-refractivity contribution in [2.75, 3.05) is 17.9 Å². The Morgan fingerprint density at radius 1 is 1.19 bits per heavy atom. The van der Waals surface area contributed by atoms with Crippen LogP contribution in [0.3, 0.4) is 0 Å². The summed E-state index contributed by atoms with van der Waals surface area (Å²) in [4.78, 5) is 2.95. The summed E-state index contributed by atoms with van der Waals surface area (Å²) in [6.07, 6.45) is 1.41. The van der Waals surface area contributed by atoms with Crippen LogP contribution >= 0.6 is 0 Å². The predicted molar refractivity (Wildman–Crippen MR) is 76.9 cm³/mol. The van der Waals surface area contributed by atoms with E-state index in [0.717, 1.165) is 0 Å². The van der Waals surface area contributed by atoms with Gasteiger partial charge in [0.15, 0.2) is 11.5 Å². The number of fused-ring (bicyclic) bond motifs is 1. The van der Waals surface area contributed by atoms with Crippen LogP contribution in [0.2, 0.25) is 0 Å². The van der Waals surface area contributed by atoms with E-state index in [1.54, 1.807) is 18.2 Å². The molecular weight excluding hydrogens is 294 g/mol. The van der Waals surface area contributed by atoms with Crippen molar-refractivity contribution >= 4 is 15.7 Å². The molecule has 4 N–H and O–H groups in total. The highest BCUT2D eigenvalue weighted by Crippen LogP contribution is 2.33. The van der Waals surface area contributed by atoms with E-state index in [4.69, 9.17) is 15.2 Å². The average Bonchev–Trinajstić information content (AvgIpc) is 2.96. The molecule has 21 heavy (non-hydrogen) atoms. The lowest BCUT2D eigenvalue weighted by molar-refractivity contribution is 0.171. The molecule has 8 heteroatoms. The summed E-state index contributed by atoms with van der Waals surface area (Å²) in [5.41, 5.74) is 6.52. The molecule has 0 aliphatic carbocycles. The van der Waals surface area contributed by atoms with Gasteiger partial charge in [0, 0.05) is 24.5 Å². The van der Waals surface area contributed by atoms with Crippen LogP contribution in [-0.4, -0.2) is 26.6 Å². The smallest absolute Gasteiger partial charge is 0.263 e. The second kappa shape index (κ2) is 5.30. The maximum atomic E-state index is 12.3. The van der Waals surface area contributed by atoms with E-state index in [1.165, 1.54) is 12.3 Å². The molecule has 0 spiro atoms. The standard InChI is InChI=1S/C13H15N3O4S/c14-7-10-5-11(8-15-10)21(17,18)16-9-1-2-12-13(6-9)20-4-3-19-12/h1-2,5-6,8,15-16H,3-4,7,14H2. The minimum absolute atomic E-state index is 0.137. The average molecular weight is 309 g/mol. The normalized spacial score (nSPS) is 14.0. The minimum Gasteiger partial charge on any atom is -0.486 e. The number of rotatable bonds is 4. The summed E-state index contributed by atoms with van der Waals surface area (Å²) >= 11 is 0. The Morgan fingerprint density at radius 3 is 2.67 bits per heavy atom. The van der Waals surface area contributed by atoms with Crippen LogP contribution < -0.4 is 19.9 Å². The number of aromatic amines is 1. The van der Waals surface area contributed by atoms with E-state index < -0.39 is 10.0 Å². The summed E-state index contributed by atoms with van der Waals surface area (Å²) < 4.78 is 37.8. The van der Waals surface area contributed by atoms with Gasteiger partial charge in [-0.3, -0.25) is 4.72 Å². The predicted octanol–water partition coefficient (Wildman–Crippen LogP) is 1.05. The highest BCUT2D eigenvalue weighted by molar-refractivity contribution is 7.92. The summed E-state index contributed by atoms with van der Waals surface area (Å²) in [5, 5.41) is 0. The van der Waals surface area contributed by atoms with E-state index in [-0.39, 0.29) is 11.4 Å². The van der Waals surface area contributed by atoms with E-state index in [9.17, 15) is 8.42 Å². The Balaban J connectivity index is 1.85. The molecule has 2 aromatic rings. The Hall–Kier alpha value is -2.19. The molecular formula is C13H15N3O4S. The molecule has 3 rings (SSSR count). The summed E-state index contributed by atoms with van der Waals surface area (Å²) in [6.45, 7) is 1.18. The van der Waals surface area contributed by atoms with Crippen molar-refractivity contribution in [1.82, 2.24) is 4.98 Å². The van der Waals surface area contributed by atoms with Crippen LogP contribution in [0.25, 0.3) is 0 Å². The van der Waals surface area contributed by atoms with Gasteiger partial charge in [0.2, 0.25) is 0 Å². The molecule has 0 saturated heterocycles. The van der Waals surface area contributed by atoms with Crippen molar-refractivity contribution < 1.29 is 17.9 Å². The van der Waals surface area contributed by atoms with Crippen molar-refractivity contribution in [2.45, 2.75) is 11.4 Å². The first kappa shape index (κ1) is 13.8. The van der Waals surface area contributed by atoms with Crippen LogP contribution in [0.15, 0.2) is 35.4 Å². The topological polar surface area (TPSA) is 106 Å². The number of sulfonamides is 1. The van der Waals surface area contributed by atoms with Gasteiger partial charge in [0.1, 0.15) is 18.1 Å². The van der Waals surface area contributed by atoms with Crippen molar-refractivity contribution in [2.24, 2.45) is 5.73 Å². The van der Waals surface area contributed by atoms with Gasteiger partial charge in [-0.15, -0.1) is 0 Å². The Morgan fingerprint density at radius 2 is 1.95 bits per heavy atom. The Labute approximate surface area is 122 Å². The third kappa shape index (κ3) is 2.81. The highest BCUT2D eigenvalue weighted by atomic mass is 32.2. The van der Waals surface area contributed by atoms with Crippen molar-refractivity contribution in [3.63, 3.8) is 0 Å². The molecule has 0 radical (unpaired) electrons. The SMILES string of the molecule is NCc1cc(S(=O)(=O)Nc2ccc3c(c2)OCCO3)c[nH]1. The van der Waals surface area contributed by atoms with Crippen LogP contribution in [0.1, 0.15) is 5.69 Å². The van der Waals surface area contributed by atoms with Gasteiger partial charge in [-0.1, -0.05) is 0 Å². The highest BCUT2D eigenvalue weighted by Gasteiger charge is 2.18. The number of benzene rings is 1. The summed E-state index contributed by atoms with van der Waals surface area (Å²) in [6, 6.07) is 6.40. The van der Waals surface area contributed by atoms with Gasteiger partial charge in [-0.05, 0) is 18.2 Å². The third-order valence-electron chi connectivity index (χ3n) is 3.04. The fourth-order valence-corrected chi connectivity index (χ4v) is 3.08. The van der Waals surface area contributed by atoms with Crippen molar-refractivity contribution in [3.8, 4) is 11.5 Å². The van der Waals surface area contributed by atoms with Gasteiger partial charge in [-0.25, -0.2) is 8.42 Å². The van der Waals surface area contributed by atoms with Crippen LogP contribution in [0.4, 0.5) is 5.69 Å². The zero-order valence-corrected chi connectivity index (χ0v) is 11.9. The summed E-state index contributed by atoms with van der Waals surface area (Å²) in [7, 11) is -3.66. The number of nitrogens with two attached hydrogens (primary N) is 1. The molecule has 1 aliphatic heterocycles. The lowest BCUT2D eigenvalue weighted by Gasteiger charge is -2.19. The first-order chi connectivity index (χ1) is 10.1. The van der Waals surface area contributed by atoms with Gasteiger partial charge in [0.25, 0.3) is 10.0 Å². The number of hydrogen-bond acceptors (Lipinski definition) is 5. The quantitative estimate of drug-likeness (QED) is 0.782. The lowest BCUT2D eigenvalue weighted by atomic mass is 10.3. The second-order valence-corrected chi connectivity index (χ2v) is 6.21. The maximum Gasteiger partial charge on any atom is 0.263 e. The Kier molecular flexibility index (Phi) is 3.48. The summed E-state index contributed by atoms with van der Waals surface area (Å²) in [5.74, 6) is 1.13. The molecule has 2 heterocycles. The molecule has 0 fully saturated rings. The zero-order chi connectivity index (χ0) is 14.9. The maximum absolute atomic E-state index is 12.3. The molecule has 0 atom stereocenters. The molecule has 0 amide bonds. The molecule has 7 nitrogen and oxygen atoms in total. The van der Waals surface area contributed by atoms with Gasteiger partial charge < -0.3 is 20.2 Å². The first-order valence-electron chi connectivity index (χ1n) is 6.38. The van der Waals surface area contributed by atoms with Crippen LogP contribution in [0.5, 0.6) is 11.5 Å². The van der Waals surface area contributed by atoms with Crippen molar-refractivity contribution in [1.29, 1.82) is 0 Å². The number of nitrogens with one attached hydrogen (secondary N) is 2. The number of ether oxygens (including phenoxy) is 2. The zero-order valence-electron chi connectivity index (χ0n) is 11.1. The molecule has 0 unspecified atom stereocenters. The van der Waals surface area contributed by atoms with E-state index in [1.807, 2.05) is 0 Å². The van der Waals surface area contributed by atoms with Crippen LogP contribution in [0, 0.1) is 0 Å². The van der Waals surface area contributed by atoms with E-state index in [2.05, 4.69) is 9.71 Å². The molecule has 112 valence electrons. The Bertz CT molecular complexity index is 755. The molecule has 1 aliphatic rings. The monoisotopic (exact) mass is 309 g/mol. The number of aromatic nitrogens is 1. The number of H-pyrrole nitrogens is 1. The molecule has 0 saturated carbocycles. The van der Waals surface area contributed by atoms with Gasteiger partial charge in [0.05, 0.1) is 5.69 Å².